The highest BCUT2D eigenvalue weighted by molar-refractivity contribution is 7.99. The van der Waals surface area contributed by atoms with Gasteiger partial charge in [0.05, 0.1) is 0 Å². The molecular weight excluding hydrogens is 456 g/mol. The second-order valence-corrected chi connectivity index (χ2v) is 9.31. The third-order valence-electron chi connectivity index (χ3n) is 5.22. The molecule has 0 saturated carbocycles. The Hall–Kier alpha value is -3.36. The van der Waals surface area contributed by atoms with Gasteiger partial charge in [-0.25, -0.2) is 4.98 Å². The van der Waals surface area contributed by atoms with Crippen LogP contribution in [0, 0.1) is 0 Å². The van der Waals surface area contributed by atoms with Gasteiger partial charge in [-0.15, -0.1) is 0 Å². The van der Waals surface area contributed by atoms with Crippen molar-refractivity contribution in [3.05, 3.63) is 72.2 Å². The Morgan fingerprint density at radius 2 is 1.70 bits per heavy atom. The third kappa shape index (κ3) is 4.31. The van der Waals surface area contributed by atoms with Crippen molar-refractivity contribution in [1.29, 1.82) is 0 Å². The number of halogens is 1. The Bertz CT molecular complexity index is 1370. The quantitative estimate of drug-likeness (QED) is 0.283. The van der Waals surface area contributed by atoms with E-state index >= 15 is 0 Å². The predicted octanol–water partition coefficient (Wildman–Crippen LogP) is 6.39. The van der Waals surface area contributed by atoms with Gasteiger partial charge in [-0.3, -0.25) is 4.68 Å². The van der Waals surface area contributed by atoms with Gasteiger partial charge in [-0.1, -0.05) is 52.8 Å². The minimum Gasteiger partial charge on any atom is -0.342 e. The SMILES string of the molecule is CC(C)n1ccc(-c2nc(-c3ccc(-c4ncon4)cc3)c(Sc3ccc(Cl)cc3)n2C)n1. The third-order valence-corrected chi connectivity index (χ3v) is 6.64. The van der Waals surface area contributed by atoms with Gasteiger partial charge in [0.1, 0.15) is 16.4 Å². The summed E-state index contributed by atoms with van der Waals surface area (Å²) in [5.41, 5.74) is 3.58. The molecule has 0 aliphatic heterocycles. The molecule has 33 heavy (non-hydrogen) atoms. The number of hydrogen-bond acceptors (Lipinski definition) is 6. The highest BCUT2D eigenvalue weighted by Crippen LogP contribution is 2.39. The number of imidazole rings is 1. The topological polar surface area (TPSA) is 74.6 Å². The number of nitrogens with zero attached hydrogens (tertiary/aromatic N) is 6. The van der Waals surface area contributed by atoms with E-state index in [0.717, 1.165) is 38.3 Å². The molecule has 0 bridgehead atoms. The van der Waals surface area contributed by atoms with Crippen LogP contribution in [-0.2, 0) is 7.05 Å². The summed E-state index contributed by atoms with van der Waals surface area (Å²) in [6.45, 7) is 4.21. The van der Waals surface area contributed by atoms with Crippen molar-refractivity contribution in [1.82, 2.24) is 29.5 Å². The molecule has 0 radical (unpaired) electrons. The maximum absolute atomic E-state index is 6.09. The molecule has 166 valence electrons. The number of benzene rings is 2. The summed E-state index contributed by atoms with van der Waals surface area (Å²) >= 11 is 7.73. The molecule has 0 fully saturated rings. The first-order valence-electron chi connectivity index (χ1n) is 10.4. The van der Waals surface area contributed by atoms with Crippen molar-refractivity contribution in [3.63, 3.8) is 0 Å². The minimum absolute atomic E-state index is 0.277. The predicted molar refractivity (Wildman–Crippen MR) is 129 cm³/mol. The average molecular weight is 477 g/mol. The van der Waals surface area contributed by atoms with Crippen LogP contribution in [0.3, 0.4) is 0 Å². The number of rotatable bonds is 6. The van der Waals surface area contributed by atoms with Crippen LogP contribution in [0.1, 0.15) is 19.9 Å². The van der Waals surface area contributed by atoms with E-state index in [1.54, 1.807) is 11.8 Å². The summed E-state index contributed by atoms with van der Waals surface area (Å²) < 4.78 is 8.90. The largest absolute Gasteiger partial charge is 0.342 e. The van der Waals surface area contributed by atoms with Crippen LogP contribution in [0.4, 0.5) is 0 Å². The molecule has 5 aromatic rings. The number of hydrogen-bond donors (Lipinski definition) is 0. The van der Waals surface area contributed by atoms with Gasteiger partial charge in [0.15, 0.2) is 5.82 Å². The zero-order valence-corrected chi connectivity index (χ0v) is 19.9. The molecule has 0 aliphatic rings. The lowest BCUT2D eigenvalue weighted by Crippen LogP contribution is -2.02. The van der Waals surface area contributed by atoms with Crippen molar-refractivity contribution < 1.29 is 4.52 Å². The fraction of sp³-hybridized carbons (Fsp3) is 0.167. The molecule has 0 aliphatic carbocycles. The van der Waals surface area contributed by atoms with E-state index in [0.29, 0.717) is 10.8 Å². The first kappa shape index (κ1) is 21.5. The van der Waals surface area contributed by atoms with E-state index in [4.69, 9.17) is 26.2 Å². The lowest BCUT2D eigenvalue weighted by atomic mass is 10.1. The molecule has 0 atom stereocenters. The van der Waals surface area contributed by atoms with Gasteiger partial charge < -0.3 is 9.09 Å². The van der Waals surface area contributed by atoms with Crippen molar-refractivity contribution in [2.24, 2.45) is 7.05 Å². The van der Waals surface area contributed by atoms with Crippen LogP contribution >= 0.6 is 23.4 Å². The maximum atomic E-state index is 6.09. The molecule has 2 aromatic carbocycles. The second kappa shape index (κ2) is 8.88. The first-order valence-corrected chi connectivity index (χ1v) is 11.6. The molecule has 7 nitrogen and oxygen atoms in total. The van der Waals surface area contributed by atoms with Crippen molar-refractivity contribution in [2.45, 2.75) is 29.8 Å². The van der Waals surface area contributed by atoms with E-state index in [2.05, 4.69) is 28.6 Å². The molecule has 0 amide bonds. The van der Waals surface area contributed by atoms with E-state index in [1.165, 1.54) is 6.39 Å². The fourth-order valence-corrected chi connectivity index (χ4v) is 4.56. The Balaban J connectivity index is 1.59. The van der Waals surface area contributed by atoms with Gasteiger partial charge in [0, 0.05) is 40.3 Å². The monoisotopic (exact) mass is 476 g/mol. The lowest BCUT2D eigenvalue weighted by Gasteiger charge is -2.08. The smallest absolute Gasteiger partial charge is 0.214 e. The van der Waals surface area contributed by atoms with Crippen LogP contribution in [0.5, 0.6) is 0 Å². The highest BCUT2D eigenvalue weighted by Gasteiger charge is 2.21. The van der Waals surface area contributed by atoms with Crippen molar-refractivity contribution >= 4 is 23.4 Å². The average Bonchev–Trinajstić information content (AvgIpc) is 3.57. The summed E-state index contributed by atoms with van der Waals surface area (Å²) in [6.07, 6.45) is 3.31. The first-order chi connectivity index (χ1) is 16.0. The molecule has 9 heteroatoms. The molecule has 0 unspecified atom stereocenters. The molecule has 5 rings (SSSR count). The molecular formula is C24H21ClN6OS. The maximum Gasteiger partial charge on any atom is 0.214 e. The summed E-state index contributed by atoms with van der Waals surface area (Å²) in [6, 6.07) is 18.1. The molecule has 3 aromatic heterocycles. The van der Waals surface area contributed by atoms with Gasteiger partial charge in [-0.05, 0) is 44.2 Å². The minimum atomic E-state index is 0.277. The standard InChI is InChI=1S/C24H21ClN6OS/c1-15(2)31-13-12-20(28-31)23-27-21(16-4-6-17(7-5-16)22-26-14-32-29-22)24(30(23)3)33-19-10-8-18(25)9-11-19/h4-15H,1-3H3. The van der Waals surface area contributed by atoms with Crippen molar-refractivity contribution in [2.75, 3.05) is 0 Å². The van der Waals surface area contributed by atoms with Gasteiger partial charge in [0.2, 0.25) is 12.2 Å². The van der Waals surface area contributed by atoms with Crippen LogP contribution in [0.2, 0.25) is 5.02 Å². The summed E-state index contributed by atoms with van der Waals surface area (Å²) in [4.78, 5) is 10.2. The summed E-state index contributed by atoms with van der Waals surface area (Å²) in [5.74, 6) is 1.36. The van der Waals surface area contributed by atoms with Crippen LogP contribution < -0.4 is 0 Å². The van der Waals surface area contributed by atoms with E-state index < -0.39 is 0 Å². The molecule has 0 spiro atoms. The Labute approximate surface area is 200 Å². The Morgan fingerprint density at radius 3 is 2.33 bits per heavy atom. The van der Waals surface area contributed by atoms with Gasteiger partial charge >= 0.3 is 0 Å². The number of aromatic nitrogens is 6. The van der Waals surface area contributed by atoms with E-state index in [9.17, 15) is 0 Å². The van der Waals surface area contributed by atoms with Gasteiger partial charge in [-0.2, -0.15) is 10.1 Å². The van der Waals surface area contributed by atoms with Crippen LogP contribution in [-0.4, -0.2) is 29.5 Å². The summed E-state index contributed by atoms with van der Waals surface area (Å²) in [7, 11) is 2.02. The fourth-order valence-electron chi connectivity index (χ4n) is 3.45. The van der Waals surface area contributed by atoms with Crippen LogP contribution in [0.25, 0.3) is 34.2 Å². The highest BCUT2D eigenvalue weighted by atomic mass is 35.5. The van der Waals surface area contributed by atoms with Gasteiger partial charge in [0.25, 0.3) is 0 Å². The zero-order valence-electron chi connectivity index (χ0n) is 18.3. The normalized spacial score (nSPS) is 11.4. The Morgan fingerprint density at radius 1 is 0.970 bits per heavy atom. The van der Waals surface area contributed by atoms with Crippen LogP contribution in [0.15, 0.2) is 81.6 Å². The summed E-state index contributed by atoms with van der Waals surface area (Å²) in [5, 5.41) is 10.4. The Kier molecular flexibility index (Phi) is 5.78. The second-order valence-electron chi connectivity index (χ2n) is 7.81. The molecule has 0 N–H and O–H groups in total. The molecule has 3 heterocycles. The molecule has 0 saturated heterocycles. The van der Waals surface area contributed by atoms with E-state index in [1.807, 2.05) is 72.5 Å². The zero-order chi connectivity index (χ0) is 22.9. The van der Waals surface area contributed by atoms with Crippen molar-refractivity contribution in [3.8, 4) is 34.2 Å². The lowest BCUT2D eigenvalue weighted by molar-refractivity contribution is 0.419. The van der Waals surface area contributed by atoms with E-state index in [-0.39, 0.29) is 6.04 Å².